The number of hydrogen-bond donors (Lipinski definition) is 0. The fraction of sp³-hybridized carbons (Fsp3) is 0.852. The molecule has 0 bridgehead atoms. The molecule has 3 aliphatic rings. The van der Waals surface area contributed by atoms with Crippen LogP contribution in [0, 0.1) is 0 Å². The highest BCUT2D eigenvalue weighted by molar-refractivity contribution is 7.69. The smallest absolute Gasteiger partial charge is 0.118 e. The van der Waals surface area contributed by atoms with E-state index in [1.165, 1.54) is 75.1 Å². The van der Waals surface area contributed by atoms with Gasteiger partial charge in [-0.3, -0.25) is 0 Å². The summed E-state index contributed by atoms with van der Waals surface area (Å²) in [6.45, 7) is 17.1. The highest BCUT2D eigenvalue weighted by atomic mass is 31.2. The number of rotatable bonds is 5. The standard InChI is InChI=1S/C27H48OP2/c1-21(29(26(2,3)4)27(5,6)7)24-19-14-20-25(24)30(28,22-15-10-8-11-16-22)23-17-12-9-13-18-23/h14,19,21-23H,8-13,15-18,20H2,1-7H3. The van der Waals surface area contributed by atoms with E-state index in [0.29, 0.717) is 27.3 Å². The second kappa shape index (κ2) is 9.56. The van der Waals surface area contributed by atoms with Crippen molar-refractivity contribution in [3.8, 4) is 0 Å². The van der Waals surface area contributed by atoms with E-state index in [0.717, 1.165) is 6.42 Å². The molecule has 1 unspecified atom stereocenters. The van der Waals surface area contributed by atoms with Gasteiger partial charge in [0, 0.05) is 17.0 Å². The topological polar surface area (TPSA) is 17.1 Å². The van der Waals surface area contributed by atoms with Gasteiger partial charge in [-0.25, -0.2) is 0 Å². The minimum absolute atomic E-state index is 0.254. The molecule has 172 valence electrons. The molecule has 2 saturated carbocycles. The lowest BCUT2D eigenvalue weighted by atomic mass is 9.99. The van der Waals surface area contributed by atoms with Crippen molar-refractivity contribution in [2.75, 3.05) is 0 Å². The Kier molecular flexibility index (Phi) is 7.89. The van der Waals surface area contributed by atoms with E-state index in [2.05, 4.69) is 60.6 Å². The van der Waals surface area contributed by atoms with Crippen molar-refractivity contribution < 1.29 is 4.57 Å². The molecular formula is C27H48OP2. The van der Waals surface area contributed by atoms with Crippen molar-refractivity contribution in [3.05, 3.63) is 23.0 Å². The van der Waals surface area contributed by atoms with Crippen LogP contribution in [0.25, 0.3) is 0 Å². The number of hydrogen-bond acceptors (Lipinski definition) is 1. The largest absolute Gasteiger partial charge is 0.318 e. The van der Waals surface area contributed by atoms with E-state index in [1.54, 1.807) is 0 Å². The average molecular weight is 451 g/mol. The zero-order valence-electron chi connectivity index (χ0n) is 21.0. The molecule has 0 saturated heterocycles. The summed E-state index contributed by atoms with van der Waals surface area (Å²) in [5.41, 5.74) is 2.98. The van der Waals surface area contributed by atoms with E-state index < -0.39 is 7.14 Å². The van der Waals surface area contributed by atoms with E-state index in [4.69, 9.17) is 0 Å². The van der Waals surface area contributed by atoms with Gasteiger partial charge >= 0.3 is 0 Å². The van der Waals surface area contributed by atoms with Crippen molar-refractivity contribution in [1.82, 2.24) is 0 Å². The molecule has 0 amide bonds. The fourth-order valence-electron chi connectivity index (χ4n) is 7.21. The summed E-state index contributed by atoms with van der Waals surface area (Å²) in [5.74, 6) is 0. The molecule has 30 heavy (non-hydrogen) atoms. The van der Waals surface area contributed by atoms with Gasteiger partial charge in [0.05, 0.1) is 0 Å². The summed E-state index contributed by atoms with van der Waals surface area (Å²) in [7, 11) is -2.60. The Balaban J connectivity index is 2.07. The molecule has 0 heterocycles. The van der Waals surface area contributed by atoms with Crippen LogP contribution in [0.3, 0.4) is 0 Å². The predicted molar refractivity (Wildman–Crippen MR) is 138 cm³/mol. The van der Waals surface area contributed by atoms with Crippen molar-refractivity contribution in [2.24, 2.45) is 0 Å². The Labute approximate surface area is 189 Å². The molecule has 0 N–H and O–H groups in total. The molecule has 0 spiro atoms. The maximum absolute atomic E-state index is 15.3. The van der Waals surface area contributed by atoms with Crippen LogP contribution in [-0.4, -0.2) is 27.3 Å². The first-order valence-electron chi connectivity index (χ1n) is 12.8. The normalized spacial score (nSPS) is 24.1. The van der Waals surface area contributed by atoms with Crippen molar-refractivity contribution >= 4 is 15.1 Å². The first-order valence-corrected chi connectivity index (χ1v) is 16.0. The van der Waals surface area contributed by atoms with Crippen LogP contribution in [0.4, 0.5) is 0 Å². The third-order valence-corrected chi connectivity index (χ3v) is 16.3. The van der Waals surface area contributed by atoms with Gasteiger partial charge < -0.3 is 4.57 Å². The van der Waals surface area contributed by atoms with Crippen LogP contribution in [0.1, 0.15) is 119 Å². The summed E-state index contributed by atoms with van der Waals surface area (Å²) in [4.78, 5) is 0. The molecule has 3 rings (SSSR count). The summed E-state index contributed by atoms with van der Waals surface area (Å²) in [6, 6.07) is 0. The maximum Gasteiger partial charge on any atom is 0.118 e. The van der Waals surface area contributed by atoms with Crippen LogP contribution < -0.4 is 0 Å². The van der Waals surface area contributed by atoms with E-state index in [-0.39, 0.29) is 7.92 Å². The van der Waals surface area contributed by atoms with Crippen molar-refractivity contribution in [2.45, 2.75) is 146 Å². The second-order valence-electron chi connectivity index (χ2n) is 12.2. The summed E-state index contributed by atoms with van der Waals surface area (Å²) >= 11 is 0. The molecule has 0 aromatic heterocycles. The van der Waals surface area contributed by atoms with Crippen LogP contribution in [0.15, 0.2) is 23.0 Å². The Morgan fingerprint density at radius 3 is 1.67 bits per heavy atom. The van der Waals surface area contributed by atoms with Crippen LogP contribution in [-0.2, 0) is 4.57 Å². The molecule has 3 aliphatic carbocycles. The predicted octanol–water partition coefficient (Wildman–Crippen LogP) is 9.70. The Hall–Kier alpha value is 0.140. The lowest BCUT2D eigenvalue weighted by Gasteiger charge is -2.47. The Morgan fingerprint density at radius 2 is 1.27 bits per heavy atom. The molecule has 2 fully saturated rings. The first kappa shape index (κ1) is 24.8. The lowest BCUT2D eigenvalue weighted by molar-refractivity contribution is 0.450. The fourth-order valence-corrected chi connectivity index (χ4v) is 17.0. The maximum atomic E-state index is 15.3. The minimum atomic E-state index is -2.34. The molecule has 0 aromatic carbocycles. The summed E-state index contributed by atoms with van der Waals surface area (Å²) in [6.07, 6.45) is 18.5. The van der Waals surface area contributed by atoms with E-state index in [9.17, 15) is 0 Å². The first-order chi connectivity index (χ1) is 14.0. The van der Waals surface area contributed by atoms with Gasteiger partial charge in [0.15, 0.2) is 0 Å². The second-order valence-corrected chi connectivity index (χ2v) is 19.8. The van der Waals surface area contributed by atoms with Crippen LogP contribution in [0.2, 0.25) is 0 Å². The van der Waals surface area contributed by atoms with E-state index in [1.807, 2.05) is 0 Å². The zero-order chi connectivity index (χ0) is 22.2. The quantitative estimate of drug-likeness (QED) is 0.381. The van der Waals surface area contributed by atoms with Gasteiger partial charge in [-0.1, -0.05) is 107 Å². The van der Waals surface area contributed by atoms with Gasteiger partial charge in [-0.2, -0.15) is 0 Å². The molecular weight excluding hydrogens is 402 g/mol. The third-order valence-electron chi connectivity index (χ3n) is 7.88. The molecule has 0 aromatic rings. The molecule has 3 heteroatoms. The van der Waals surface area contributed by atoms with Gasteiger partial charge in [0.25, 0.3) is 0 Å². The minimum Gasteiger partial charge on any atom is -0.318 e. The highest BCUT2D eigenvalue weighted by Gasteiger charge is 2.47. The average Bonchev–Trinajstić information content (AvgIpc) is 3.17. The lowest BCUT2D eigenvalue weighted by Crippen LogP contribution is -2.31. The summed E-state index contributed by atoms with van der Waals surface area (Å²) in [5, 5.41) is 2.03. The Bertz CT molecular complexity index is 655. The molecule has 0 radical (unpaired) electrons. The van der Waals surface area contributed by atoms with Gasteiger partial charge in [-0.05, 0) is 53.3 Å². The Morgan fingerprint density at radius 1 is 0.833 bits per heavy atom. The highest BCUT2D eigenvalue weighted by Crippen LogP contribution is 2.72. The monoisotopic (exact) mass is 450 g/mol. The SMILES string of the molecule is CC(C1=C(P(=O)(C2CCCCC2)C2CCCCC2)CC=C1)P(C(C)(C)C)C(C)(C)C. The molecule has 1 atom stereocenters. The van der Waals surface area contributed by atoms with Gasteiger partial charge in [0.1, 0.15) is 7.14 Å². The van der Waals surface area contributed by atoms with Gasteiger partial charge in [0.2, 0.25) is 0 Å². The summed E-state index contributed by atoms with van der Waals surface area (Å²) < 4.78 is 15.3. The number of allylic oxidation sites excluding steroid dienone is 4. The van der Waals surface area contributed by atoms with Crippen molar-refractivity contribution in [1.29, 1.82) is 0 Å². The van der Waals surface area contributed by atoms with Gasteiger partial charge in [-0.15, -0.1) is 0 Å². The van der Waals surface area contributed by atoms with Crippen LogP contribution >= 0.6 is 15.1 Å². The third kappa shape index (κ3) is 5.04. The van der Waals surface area contributed by atoms with Crippen molar-refractivity contribution in [3.63, 3.8) is 0 Å². The zero-order valence-corrected chi connectivity index (χ0v) is 22.8. The van der Waals surface area contributed by atoms with E-state index >= 15 is 4.57 Å². The molecule has 0 aliphatic heterocycles. The molecule has 1 nitrogen and oxygen atoms in total. The van der Waals surface area contributed by atoms with Crippen LogP contribution in [0.5, 0.6) is 0 Å².